The highest BCUT2D eigenvalue weighted by atomic mass is 19.3. The van der Waals surface area contributed by atoms with Gasteiger partial charge in [0.15, 0.2) is 11.5 Å². The Kier molecular flexibility index (Phi) is 5.09. The van der Waals surface area contributed by atoms with Gasteiger partial charge in [-0.05, 0) is 30.5 Å². The highest BCUT2D eigenvalue weighted by Gasteiger charge is 2.36. The van der Waals surface area contributed by atoms with E-state index in [9.17, 15) is 13.2 Å². The van der Waals surface area contributed by atoms with E-state index in [2.05, 4.69) is 0 Å². The predicted molar refractivity (Wildman–Crippen MR) is 68.1 cm³/mol. The lowest BCUT2D eigenvalue weighted by Gasteiger charge is -2.21. The summed E-state index contributed by atoms with van der Waals surface area (Å²) in [6.07, 6.45) is -3.09. The number of rotatable bonds is 6. The van der Waals surface area contributed by atoms with E-state index in [1.807, 2.05) is 13.8 Å². The van der Waals surface area contributed by atoms with Gasteiger partial charge in [0, 0.05) is 0 Å². The van der Waals surface area contributed by atoms with Crippen molar-refractivity contribution in [1.29, 1.82) is 0 Å². The molecule has 0 saturated carbocycles. The molecule has 1 rings (SSSR count). The Morgan fingerprint density at radius 2 is 1.84 bits per heavy atom. The van der Waals surface area contributed by atoms with Gasteiger partial charge in [-0.25, -0.2) is 13.2 Å². The van der Waals surface area contributed by atoms with Crippen LogP contribution in [0.25, 0.3) is 0 Å². The van der Waals surface area contributed by atoms with Gasteiger partial charge in [0.25, 0.3) is 6.43 Å². The normalized spacial score (nSPS) is 14.6. The van der Waals surface area contributed by atoms with Crippen LogP contribution in [0, 0.1) is 0 Å². The van der Waals surface area contributed by atoms with Gasteiger partial charge in [-0.15, -0.1) is 0 Å². The van der Waals surface area contributed by atoms with Crippen LogP contribution in [0.4, 0.5) is 13.2 Å². The van der Waals surface area contributed by atoms with Gasteiger partial charge in [0.05, 0.1) is 7.11 Å². The van der Waals surface area contributed by atoms with E-state index in [0.717, 1.165) is 12.5 Å². The Morgan fingerprint density at radius 3 is 2.32 bits per heavy atom. The van der Waals surface area contributed by atoms with Crippen molar-refractivity contribution in [2.24, 2.45) is 0 Å². The minimum absolute atomic E-state index is 0.261. The Labute approximate surface area is 111 Å². The highest BCUT2D eigenvalue weighted by Crippen LogP contribution is 2.32. The van der Waals surface area contributed by atoms with Crippen molar-refractivity contribution in [3.8, 4) is 11.5 Å². The molecule has 1 aromatic carbocycles. The van der Waals surface area contributed by atoms with Gasteiger partial charge in [-0.2, -0.15) is 0 Å². The summed E-state index contributed by atoms with van der Waals surface area (Å²) in [4.78, 5) is 0. The van der Waals surface area contributed by atoms with Gasteiger partial charge in [-0.1, -0.05) is 19.9 Å². The van der Waals surface area contributed by atoms with Crippen LogP contribution >= 0.6 is 0 Å². The van der Waals surface area contributed by atoms with Crippen LogP contribution < -0.4 is 9.47 Å². The summed E-state index contributed by atoms with van der Waals surface area (Å²) in [5.41, 5.74) is -1.65. The van der Waals surface area contributed by atoms with Crippen LogP contribution in [0.1, 0.15) is 32.3 Å². The molecule has 0 radical (unpaired) electrons. The third kappa shape index (κ3) is 4.04. The molecule has 0 heterocycles. The molecule has 0 N–H and O–H groups in total. The van der Waals surface area contributed by atoms with E-state index >= 15 is 0 Å². The fourth-order valence-electron chi connectivity index (χ4n) is 1.44. The molecule has 0 saturated heterocycles. The van der Waals surface area contributed by atoms with Crippen molar-refractivity contribution < 1.29 is 22.6 Å². The third-order valence-corrected chi connectivity index (χ3v) is 2.82. The topological polar surface area (TPSA) is 18.5 Å². The molecule has 0 amide bonds. The average molecular weight is 276 g/mol. The first-order valence-electron chi connectivity index (χ1n) is 6.05. The molecule has 0 aliphatic rings. The Morgan fingerprint density at radius 1 is 1.21 bits per heavy atom. The average Bonchev–Trinajstić information content (AvgIpc) is 2.35. The first kappa shape index (κ1) is 15.7. The lowest BCUT2D eigenvalue weighted by molar-refractivity contribution is -0.0486. The van der Waals surface area contributed by atoms with Crippen molar-refractivity contribution in [2.45, 2.75) is 38.8 Å². The van der Waals surface area contributed by atoms with E-state index in [4.69, 9.17) is 9.47 Å². The molecule has 1 atom stereocenters. The lowest BCUT2D eigenvalue weighted by Crippen LogP contribution is -2.35. The van der Waals surface area contributed by atoms with Gasteiger partial charge < -0.3 is 9.47 Å². The van der Waals surface area contributed by atoms with E-state index in [-0.39, 0.29) is 5.75 Å². The summed E-state index contributed by atoms with van der Waals surface area (Å²) in [5, 5.41) is 0. The van der Waals surface area contributed by atoms with Crippen molar-refractivity contribution >= 4 is 0 Å². The molecular formula is C14H19F3O2. The monoisotopic (exact) mass is 276 g/mol. The number of halogens is 3. The fraction of sp³-hybridized carbons (Fsp3) is 0.571. The molecule has 0 spiro atoms. The standard InChI is InChI=1S/C14H19F3O2/c1-9(2)10-5-6-11(12(7-10)18-4)19-8-14(3,17)13(15)16/h5-7,9,13H,8H2,1-4H3. The molecule has 0 fully saturated rings. The number of benzene rings is 1. The van der Waals surface area contributed by atoms with E-state index in [1.165, 1.54) is 7.11 Å². The molecular weight excluding hydrogens is 257 g/mol. The number of hydrogen-bond donors (Lipinski definition) is 0. The van der Waals surface area contributed by atoms with Crippen LogP contribution in [0.5, 0.6) is 11.5 Å². The maximum Gasteiger partial charge on any atom is 0.275 e. The van der Waals surface area contributed by atoms with E-state index in [1.54, 1.807) is 18.2 Å². The smallest absolute Gasteiger partial charge is 0.275 e. The Balaban J connectivity index is 2.84. The number of ether oxygens (including phenoxy) is 2. The number of hydrogen-bond acceptors (Lipinski definition) is 2. The zero-order chi connectivity index (χ0) is 14.6. The maximum atomic E-state index is 13.4. The second-order valence-electron chi connectivity index (χ2n) is 4.93. The molecule has 1 aromatic rings. The highest BCUT2D eigenvalue weighted by molar-refractivity contribution is 5.43. The maximum absolute atomic E-state index is 13.4. The minimum atomic E-state index is -3.09. The van der Waals surface area contributed by atoms with Crippen molar-refractivity contribution in [1.82, 2.24) is 0 Å². The van der Waals surface area contributed by atoms with Crippen LogP contribution in [0.2, 0.25) is 0 Å². The molecule has 108 valence electrons. The first-order chi connectivity index (χ1) is 8.77. The van der Waals surface area contributed by atoms with Gasteiger partial charge in [0.1, 0.15) is 6.61 Å². The molecule has 0 bridgehead atoms. The molecule has 0 aliphatic heterocycles. The quantitative estimate of drug-likeness (QED) is 0.775. The van der Waals surface area contributed by atoms with Crippen molar-refractivity contribution in [2.75, 3.05) is 13.7 Å². The van der Waals surface area contributed by atoms with Crippen LogP contribution in [0.15, 0.2) is 18.2 Å². The molecule has 5 heteroatoms. The lowest BCUT2D eigenvalue weighted by atomic mass is 10.0. The number of methoxy groups -OCH3 is 1. The van der Waals surface area contributed by atoms with Crippen LogP contribution in [-0.2, 0) is 0 Å². The zero-order valence-corrected chi connectivity index (χ0v) is 11.5. The van der Waals surface area contributed by atoms with Crippen molar-refractivity contribution in [3.63, 3.8) is 0 Å². The first-order valence-corrected chi connectivity index (χ1v) is 6.05. The summed E-state index contributed by atoms with van der Waals surface area (Å²) >= 11 is 0. The summed E-state index contributed by atoms with van der Waals surface area (Å²) in [6.45, 7) is 4.13. The Bertz CT molecular complexity index is 417. The van der Waals surface area contributed by atoms with Crippen molar-refractivity contribution in [3.05, 3.63) is 23.8 Å². The molecule has 0 aromatic heterocycles. The number of alkyl halides is 3. The second kappa shape index (κ2) is 6.17. The van der Waals surface area contributed by atoms with Crippen LogP contribution in [0.3, 0.4) is 0 Å². The SMILES string of the molecule is COc1cc(C(C)C)ccc1OCC(C)(F)C(F)F. The summed E-state index contributed by atoms with van der Waals surface area (Å²) in [7, 11) is 1.45. The third-order valence-electron chi connectivity index (χ3n) is 2.82. The largest absolute Gasteiger partial charge is 0.493 e. The summed E-state index contributed by atoms with van der Waals surface area (Å²) < 4.78 is 48.4. The van der Waals surface area contributed by atoms with Gasteiger partial charge >= 0.3 is 0 Å². The summed E-state index contributed by atoms with van der Waals surface area (Å²) in [5.74, 6) is 0.975. The van der Waals surface area contributed by atoms with Crippen LogP contribution in [-0.4, -0.2) is 25.8 Å². The second-order valence-corrected chi connectivity index (χ2v) is 4.93. The van der Waals surface area contributed by atoms with Gasteiger partial charge in [0.2, 0.25) is 5.67 Å². The summed E-state index contributed by atoms with van der Waals surface area (Å²) in [6, 6.07) is 5.17. The Hall–Kier alpha value is -1.39. The molecule has 1 unspecified atom stereocenters. The zero-order valence-electron chi connectivity index (χ0n) is 11.5. The predicted octanol–water partition coefficient (Wildman–Crippen LogP) is 4.19. The van der Waals surface area contributed by atoms with Gasteiger partial charge in [-0.3, -0.25) is 0 Å². The molecule has 19 heavy (non-hydrogen) atoms. The molecule has 2 nitrogen and oxygen atoms in total. The minimum Gasteiger partial charge on any atom is -0.493 e. The molecule has 0 aliphatic carbocycles. The van der Waals surface area contributed by atoms with E-state index in [0.29, 0.717) is 11.7 Å². The fourth-order valence-corrected chi connectivity index (χ4v) is 1.44. The van der Waals surface area contributed by atoms with E-state index < -0.39 is 18.7 Å².